The van der Waals surface area contributed by atoms with Gasteiger partial charge in [0, 0.05) is 18.7 Å². The van der Waals surface area contributed by atoms with Crippen LogP contribution in [0.4, 0.5) is 0 Å². The van der Waals surface area contributed by atoms with Crippen LogP contribution in [0.5, 0.6) is 11.5 Å². The van der Waals surface area contributed by atoms with E-state index >= 15 is 0 Å². The zero-order chi connectivity index (χ0) is 20.2. The van der Waals surface area contributed by atoms with Crippen LogP contribution in [0.2, 0.25) is 0 Å². The Labute approximate surface area is 168 Å². The molecule has 148 valence electrons. The number of aromatic amines is 1. The van der Waals surface area contributed by atoms with Crippen molar-refractivity contribution < 1.29 is 14.3 Å². The summed E-state index contributed by atoms with van der Waals surface area (Å²) in [7, 11) is 0. The van der Waals surface area contributed by atoms with Gasteiger partial charge in [-0.25, -0.2) is 0 Å². The molecule has 0 aliphatic carbocycles. The molecule has 1 aliphatic heterocycles. The number of aromatic nitrogens is 1. The quantitative estimate of drug-likeness (QED) is 0.715. The van der Waals surface area contributed by atoms with E-state index in [1.54, 1.807) is 12.1 Å². The van der Waals surface area contributed by atoms with Crippen LogP contribution in [0.25, 0.3) is 11.3 Å². The van der Waals surface area contributed by atoms with Crippen LogP contribution < -0.4 is 20.3 Å². The van der Waals surface area contributed by atoms with Crippen LogP contribution in [0.15, 0.2) is 59.4 Å². The smallest absolute Gasteiger partial charge is 0.261 e. The van der Waals surface area contributed by atoms with Gasteiger partial charge in [0.2, 0.25) is 0 Å². The van der Waals surface area contributed by atoms with Gasteiger partial charge >= 0.3 is 0 Å². The molecule has 1 amide bonds. The molecule has 2 N–H and O–H groups in total. The lowest BCUT2D eigenvalue weighted by molar-refractivity contribution is 0.0949. The molecule has 0 bridgehead atoms. The van der Waals surface area contributed by atoms with Crippen LogP contribution in [-0.4, -0.2) is 24.1 Å². The monoisotopic (exact) mass is 390 g/mol. The van der Waals surface area contributed by atoms with Gasteiger partial charge < -0.3 is 19.8 Å². The van der Waals surface area contributed by atoms with Gasteiger partial charge in [0.1, 0.15) is 5.56 Å². The predicted octanol–water partition coefficient (Wildman–Crippen LogP) is 3.44. The summed E-state index contributed by atoms with van der Waals surface area (Å²) < 4.78 is 11.3. The number of carbonyl (C=O) groups excluding carboxylic acids is 1. The van der Waals surface area contributed by atoms with Gasteiger partial charge in [-0.15, -0.1) is 0 Å². The van der Waals surface area contributed by atoms with Gasteiger partial charge in [-0.05, 0) is 42.3 Å². The number of hydrogen-bond donors (Lipinski definition) is 2. The highest BCUT2D eigenvalue weighted by molar-refractivity contribution is 5.94. The molecule has 6 heteroatoms. The maximum Gasteiger partial charge on any atom is 0.261 e. The molecule has 1 aromatic heterocycles. The Morgan fingerprint density at radius 3 is 2.52 bits per heavy atom. The fraction of sp³-hybridized carbons (Fsp3) is 0.217. The van der Waals surface area contributed by atoms with E-state index in [0.29, 0.717) is 30.4 Å². The normalized spacial score (nSPS) is 12.9. The van der Waals surface area contributed by atoms with Crippen molar-refractivity contribution in [3.05, 3.63) is 81.6 Å². The standard InChI is InChI=1S/C23H22N2O4/c1-15-3-6-17(7-4-15)19-9-8-18(23(27)25-19)22(26)24-14-16-5-10-20-21(13-16)29-12-2-11-28-20/h3-10,13H,2,11-12,14H2,1H3,(H,24,26)(H,25,27). The fourth-order valence-electron chi connectivity index (χ4n) is 3.15. The molecule has 0 saturated carbocycles. The molecule has 6 nitrogen and oxygen atoms in total. The lowest BCUT2D eigenvalue weighted by atomic mass is 10.1. The van der Waals surface area contributed by atoms with E-state index in [-0.39, 0.29) is 12.1 Å². The van der Waals surface area contributed by atoms with E-state index in [0.717, 1.165) is 23.1 Å². The summed E-state index contributed by atoms with van der Waals surface area (Å²) in [6.45, 7) is 3.52. The molecular formula is C23H22N2O4. The third-order valence-electron chi connectivity index (χ3n) is 4.78. The molecule has 29 heavy (non-hydrogen) atoms. The number of ether oxygens (including phenoxy) is 2. The molecule has 1 aliphatic rings. The number of amides is 1. The number of carbonyl (C=O) groups is 1. The van der Waals surface area contributed by atoms with Crippen molar-refractivity contribution in [3.63, 3.8) is 0 Å². The van der Waals surface area contributed by atoms with Crippen LogP contribution in [0, 0.1) is 6.92 Å². The largest absolute Gasteiger partial charge is 0.490 e. The second-order valence-corrected chi connectivity index (χ2v) is 7.00. The third kappa shape index (κ3) is 4.32. The second-order valence-electron chi connectivity index (χ2n) is 7.00. The van der Waals surface area contributed by atoms with Gasteiger partial charge in [0.05, 0.1) is 13.2 Å². The Hall–Kier alpha value is -3.54. The zero-order valence-corrected chi connectivity index (χ0v) is 16.2. The maximum atomic E-state index is 12.5. The van der Waals surface area contributed by atoms with Crippen molar-refractivity contribution >= 4 is 5.91 Å². The van der Waals surface area contributed by atoms with Crippen molar-refractivity contribution in [2.75, 3.05) is 13.2 Å². The number of pyridine rings is 1. The summed E-state index contributed by atoms with van der Waals surface area (Å²) in [6.07, 6.45) is 0.835. The summed E-state index contributed by atoms with van der Waals surface area (Å²) >= 11 is 0. The van der Waals surface area contributed by atoms with E-state index in [4.69, 9.17) is 9.47 Å². The van der Waals surface area contributed by atoms with Crippen molar-refractivity contribution in [1.82, 2.24) is 10.3 Å². The van der Waals surface area contributed by atoms with Gasteiger partial charge in [-0.3, -0.25) is 9.59 Å². The third-order valence-corrected chi connectivity index (χ3v) is 4.78. The minimum Gasteiger partial charge on any atom is -0.490 e. The predicted molar refractivity (Wildman–Crippen MR) is 110 cm³/mol. The van der Waals surface area contributed by atoms with Crippen LogP contribution in [0.3, 0.4) is 0 Å². The molecular weight excluding hydrogens is 368 g/mol. The topological polar surface area (TPSA) is 80.4 Å². The fourth-order valence-corrected chi connectivity index (χ4v) is 3.15. The molecule has 0 fully saturated rings. The van der Waals surface area contributed by atoms with Gasteiger partial charge in [-0.2, -0.15) is 0 Å². The van der Waals surface area contributed by atoms with Gasteiger partial charge in [0.25, 0.3) is 11.5 Å². The number of H-pyrrole nitrogens is 1. The average Bonchev–Trinajstić information content (AvgIpc) is 2.97. The van der Waals surface area contributed by atoms with Crippen LogP contribution >= 0.6 is 0 Å². The van der Waals surface area contributed by atoms with E-state index in [1.807, 2.05) is 49.4 Å². The molecule has 3 aromatic rings. The first-order valence-corrected chi connectivity index (χ1v) is 9.57. The SMILES string of the molecule is Cc1ccc(-c2ccc(C(=O)NCc3ccc4c(c3)OCCCO4)c(=O)[nH]2)cc1. The minimum absolute atomic E-state index is 0.0789. The van der Waals surface area contributed by atoms with Crippen molar-refractivity contribution in [2.24, 2.45) is 0 Å². The summed E-state index contributed by atoms with van der Waals surface area (Å²) in [4.78, 5) is 27.7. The first-order valence-electron chi connectivity index (χ1n) is 9.57. The van der Waals surface area contributed by atoms with E-state index in [1.165, 1.54) is 0 Å². The Bertz CT molecular complexity index is 1090. The highest BCUT2D eigenvalue weighted by Crippen LogP contribution is 2.30. The number of fused-ring (bicyclic) bond motifs is 1. The molecule has 4 rings (SSSR count). The summed E-state index contributed by atoms with van der Waals surface area (Å²) in [6, 6.07) is 16.7. The van der Waals surface area contributed by atoms with E-state index in [2.05, 4.69) is 10.3 Å². The first kappa shape index (κ1) is 18.8. The molecule has 0 radical (unpaired) electrons. The van der Waals surface area contributed by atoms with Crippen molar-refractivity contribution in [2.45, 2.75) is 19.9 Å². The molecule has 0 atom stereocenters. The summed E-state index contributed by atoms with van der Waals surface area (Å²) in [5.74, 6) is 0.962. The zero-order valence-electron chi connectivity index (χ0n) is 16.2. The number of nitrogens with one attached hydrogen (secondary N) is 2. The number of aryl methyl sites for hydroxylation is 1. The van der Waals surface area contributed by atoms with Gasteiger partial charge in [-0.1, -0.05) is 35.9 Å². The Kier molecular flexibility index (Phi) is 5.33. The van der Waals surface area contributed by atoms with Crippen LogP contribution in [0.1, 0.15) is 27.9 Å². The number of rotatable bonds is 4. The molecule has 2 heterocycles. The van der Waals surface area contributed by atoms with E-state index in [9.17, 15) is 9.59 Å². The number of benzene rings is 2. The highest BCUT2D eigenvalue weighted by atomic mass is 16.5. The first-order chi connectivity index (χ1) is 14.1. The van der Waals surface area contributed by atoms with Crippen molar-refractivity contribution in [3.8, 4) is 22.8 Å². The Morgan fingerprint density at radius 2 is 1.76 bits per heavy atom. The molecule has 0 unspecified atom stereocenters. The lowest BCUT2D eigenvalue weighted by Gasteiger charge is -2.10. The second kappa shape index (κ2) is 8.22. The summed E-state index contributed by atoms with van der Waals surface area (Å²) in [5, 5.41) is 2.79. The van der Waals surface area contributed by atoms with Crippen molar-refractivity contribution in [1.29, 1.82) is 0 Å². The average molecular weight is 390 g/mol. The van der Waals surface area contributed by atoms with Gasteiger partial charge in [0.15, 0.2) is 11.5 Å². The molecule has 0 saturated heterocycles. The van der Waals surface area contributed by atoms with Crippen LogP contribution in [-0.2, 0) is 6.54 Å². The molecule has 2 aromatic carbocycles. The lowest BCUT2D eigenvalue weighted by Crippen LogP contribution is -2.29. The maximum absolute atomic E-state index is 12.5. The Balaban J connectivity index is 1.45. The summed E-state index contributed by atoms with van der Waals surface area (Å²) in [5.41, 5.74) is 3.24. The van der Waals surface area contributed by atoms with E-state index < -0.39 is 11.5 Å². The minimum atomic E-state index is -0.422. The number of hydrogen-bond acceptors (Lipinski definition) is 4. The Morgan fingerprint density at radius 1 is 1.00 bits per heavy atom. The molecule has 0 spiro atoms. The highest BCUT2D eigenvalue weighted by Gasteiger charge is 2.14.